The second kappa shape index (κ2) is 5.51. The molecule has 2 aromatic rings. The number of rotatable bonds is 4. The molecule has 0 aliphatic heterocycles. The predicted octanol–water partition coefficient (Wildman–Crippen LogP) is 1.49. The Balaban J connectivity index is 2.13. The third-order valence-electron chi connectivity index (χ3n) is 2.87. The van der Waals surface area contributed by atoms with Gasteiger partial charge in [0.2, 0.25) is 0 Å². The van der Waals surface area contributed by atoms with Gasteiger partial charge in [-0.25, -0.2) is 0 Å². The van der Waals surface area contributed by atoms with Crippen molar-refractivity contribution in [2.24, 2.45) is 7.05 Å². The number of aliphatic hydroxyl groups excluding tert-OH is 1. The van der Waals surface area contributed by atoms with Gasteiger partial charge in [-0.15, -0.1) is 0 Å². The highest BCUT2D eigenvalue weighted by molar-refractivity contribution is 5.93. The normalized spacial score (nSPS) is 12.1. The summed E-state index contributed by atoms with van der Waals surface area (Å²) in [7, 11) is 1.81. The van der Waals surface area contributed by atoms with Gasteiger partial charge in [0.15, 0.2) is 0 Å². The van der Waals surface area contributed by atoms with Gasteiger partial charge < -0.3 is 15.0 Å². The summed E-state index contributed by atoms with van der Waals surface area (Å²) in [6.45, 7) is -0.125. The van der Waals surface area contributed by atoms with Gasteiger partial charge in [0.1, 0.15) is 5.69 Å². The van der Waals surface area contributed by atoms with Crippen molar-refractivity contribution in [1.29, 1.82) is 0 Å². The lowest BCUT2D eigenvalue weighted by Gasteiger charge is -2.16. The number of hydrogen-bond acceptors (Lipinski definition) is 2. The first-order valence-corrected chi connectivity index (χ1v) is 5.80. The van der Waals surface area contributed by atoms with Crippen molar-refractivity contribution in [2.45, 2.75) is 6.04 Å². The van der Waals surface area contributed by atoms with Crippen LogP contribution in [0, 0.1) is 0 Å². The van der Waals surface area contributed by atoms with Gasteiger partial charge in [-0.3, -0.25) is 4.79 Å². The van der Waals surface area contributed by atoms with E-state index in [0.717, 1.165) is 5.56 Å². The van der Waals surface area contributed by atoms with E-state index in [9.17, 15) is 9.90 Å². The zero-order chi connectivity index (χ0) is 13.0. The first-order valence-electron chi connectivity index (χ1n) is 5.80. The van der Waals surface area contributed by atoms with E-state index >= 15 is 0 Å². The number of aryl methyl sites for hydroxylation is 1. The van der Waals surface area contributed by atoms with E-state index in [1.54, 1.807) is 10.6 Å². The Labute approximate surface area is 106 Å². The second-order valence-corrected chi connectivity index (χ2v) is 4.12. The van der Waals surface area contributed by atoms with Gasteiger partial charge in [0, 0.05) is 13.2 Å². The molecule has 1 atom stereocenters. The van der Waals surface area contributed by atoms with Crippen LogP contribution in [0.15, 0.2) is 48.7 Å². The number of carbonyl (C=O) groups excluding carboxylic acids is 1. The smallest absolute Gasteiger partial charge is 0.268 e. The minimum absolute atomic E-state index is 0.125. The van der Waals surface area contributed by atoms with Crippen LogP contribution in [-0.4, -0.2) is 22.2 Å². The summed E-state index contributed by atoms with van der Waals surface area (Å²) in [6, 6.07) is 12.6. The SMILES string of the molecule is Cn1cccc1C(=O)N[C@H](CO)c1ccccc1. The van der Waals surface area contributed by atoms with E-state index in [2.05, 4.69) is 5.32 Å². The largest absolute Gasteiger partial charge is 0.394 e. The number of nitrogens with zero attached hydrogens (tertiary/aromatic N) is 1. The summed E-state index contributed by atoms with van der Waals surface area (Å²) in [6.07, 6.45) is 1.81. The lowest BCUT2D eigenvalue weighted by molar-refractivity contribution is 0.0908. The Morgan fingerprint density at radius 2 is 2.00 bits per heavy atom. The Morgan fingerprint density at radius 3 is 2.56 bits per heavy atom. The van der Waals surface area contributed by atoms with E-state index in [4.69, 9.17) is 0 Å². The molecule has 0 unspecified atom stereocenters. The van der Waals surface area contributed by atoms with E-state index in [0.29, 0.717) is 5.69 Å². The van der Waals surface area contributed by atoms with Crippen LogP contribution < -0.4 is 5.32 Å². The fourth-order valence-electron chi connectivity index (χ4n) is 1.85. The van der Waals surface area contributed by atoms with Crippen molar-refractivity contribution in [2.75, 3.05) is 6.61 Å². The molecule has 0 fully saturated rings. The standard InChI is InChI=1S/C14H16N2O2/c1-16-9-5-8-13(16)14(18)15-12(10-17)11-6-3-2-4-7-11/h2-9,12,17H,10H2,1H3,(H,15,18)/t12-/m1/s1. The summed E-state index contributed by atoms with van der Waals surface area (Å²) >= 11 is 0. The number of nitrogens with one attached hydrogen (secondary N) is 1. The molecule has 0 aliphatic carbocycles. The summed E-state index contributed by atoms with van der Waals surface area (Å²) in [5, 5.41) is 12.2. The molecular weight excluding hydrogens is 228 g/mol. The third kappa shape index (κ3) is 2.60. The number of hydrogen-bond donors (Lipinski definition) is 2. The van der Waals surface area contributed by atoms with Gasteiger partial charge in [0.25, 0.3) is 5.91 Å². The topological polar surface area (TPSA) is 54.3 Å². The first-order chi connectivity index (χ1) is 8.72. The molecule has 0 aliphatic rings. The number of benzene rings is 1. The predicted molar refractivity (Wildman–Crippen MR) is 69.1 cm³/mol. The van der Waals surface area contributed by atoms with Crippen LogP contribution >= 0.6 is 0 Å². The van der Waals surface area contributed by atoms with Crippen LogP contribution in [0.4, 0.5) is 0 Å². The molecule has 0 radical (unpaired) electrons. The molecule has 0 saturated carbocycles. The number of amides is 1. The molecule has 0 saturated heterocycles. The summed E-state index contributed by atoms with van der Waals surface area (Å²) in [4.78, 5) is 12.0. The van der Waals surface area contributed by atoms with Crippen molar-refractivity contribution in [1.82, 2.24) is 9.88 Å². The van der Waals surface area contributed by atoms with Gasteiger partial charge in [0.05, 0.1) is 12.6 Å². The molecule has 1 heterocycles. The molecule has 2 rings (SSSR count). The Kier molecular flexibility index (Phi) is 3.79. The number of aromatic nitrogens is 1. The minimum Gasteiger partial charge on any atom is -0.394 e. The highest BCUT2D eigenvalue weighted by Crippen LogP contribution is 2.12. The van der Waals surface area contributed by atoms with E-state index in [1.807, 2.05) is 49.6 Å². The lowest BCUT2D eigenvalue weighted by atomic mass is 10.1. The first kappa shape index (κ1) is 12.4. The molecule has 18 heavy (non-hydrogen) atoms. The van der Waals surface area contributed by atoms with Crippen molar-refractivity contribution in [3.8, 4) is 0 Å². The molecule has 1 aromatic carbocycles. The molecule has 4 heteroatoms. The van der Waals surface area contributed by atoms with Gasteiger partial charge in [-0.1, -0.05) is 30.3 Å². The van der Waals surface area contributed by atoms with Crippen LogP contribution in [0.25, 0.3) is 0 Å². The zero-order valence-corrected chi connectivity index (χ0v) is 10.2. The maximum absolute atomic E-state index is 12.0. The number of carbonyl (C=O) groups is 1. The fourth-order valence-corrected chi connectivity index (χ4v) is 1.85. The molecule has 0 spiro atoms. The highest BCUT2D eigenvalue weighted by Gasteiger charge is 2.15. The van der Waals surface area contributed by atoms with Crippen molar-refractivity contribution in [3.63, 3.8) is 0 Å². The monoisotopic (exact) mass is 244 g/mol. The molecule has 2 N–H and O–H groups in total. The molecular formula is C14H16N2O2. The summed E-state index contributed by atoms with van der Waals surface area (Å²) < 4.78 is 1.74. The summed E-state index contributed by atoms with van der Waals surface area (Å²) in [5.41, 5.74) is 1.46. The van der Waals surface area contributed by atoms with Crippen LogP contribution in [0.1, 0.15) is 22.1 Å². The number of aliphatic hydroxyl groups is 1. The average Bonchev–Trinajstić information content (AvgIpc) is 2.83. The zero-order valence-electron chi connectivity index (χ0n) is 10.2. The Hall–Kier alpha value is -2.07. The maximum Gasteiger partial charge on any atom is 0.268 e. The second-order valence-electron chi connectivity index (χ2n) is 4.12. The van der Waals surface area contributed by atoms with Gasteiger partial charge in [-0.05, 0) is 17.7 Å². The maximum atomic E-state index is 12.0. The third-order valence-corrected chi connectivity index (χ3v) is 2.87. The van der Waals surface area contributed by atoms with Crippen molar-refractivity contribution < 1.29 is 9.90 Å². The van der Waals surface area contributed by atoms with Crippen LogP contribution in [0.5, 0.6) is 0 Å². The van der Waals surface area contributed by atoms with E-state index < -0.39 is 0 Å². The summed E-state index contributed by atoms with van der Waals surface area (Å²) in [5.74, 6) is -0.189. The van der Waals surface area contributed by atoms with Crippen LogP contribution in [0.3, 0.4) is 0 Å². The highest BCUT2D eigenvalue weighted by atomic mass is 16.3. The fraction of sp³-hybridized carbons (Fsp3) is 0.214. The average molecular weight is 244 g/mol. The molecule has 0 bridgehead atoms. The van der Waals surface area contributed by atoms with Gasteiger partial charge in [-0.2, -0.15) is 0 Å². The van der Waals surface area contributed by atoms with E-state index in [-0.39, 0.29) is 18.6 Å². The molecule has 1 aromatic heterocycles. The van der Waals surface area contributed by atoms with E-state index in [1.165, 1.54) is 0 Å². The van der Waals surface area contributed by atoms with Gasteiger partial charge >= 0.3 is 0 Å². The lowest BCUT2D eigenvalue weighted by Crippen LogP contribution is -2.31. The molecule has 94 valence electrons. The van der Waals surface area contributed by atoms with Crippen LogP contribution in [0.2, 0.25) is 0 Å². The Bertz CT molecular complexity index is 520. The Morgan fingerprint density at radius 1 is 1.28 bits per heavy atom. The molecule has 1 amide bonds. The molecule has 4 nitrogen and oxygen atoms in total. The quantitative estimate of drug-likeness (QED) is 0.856. The minimum atomic E-state index is -0.381. The van der Waals surface area contributed by atoms with Crippen LogP contribution in [-0.2, 0) is 7.05 Å². The van der Waals surface area contributed by atoms with Crippen molar-refractivity contribution in [3.05, 3.63) is 59.9 Å². The van der Waals surface area contributed by atoms with Crippen molar-refractivity contribution >= 4 is 5.91 Å².